The molecule has 5 heterocycles. The smallest absolute Gasteiger partial charge is 0.410 e. The number of halogens is 2. The number of anilines is 1. The predicted octanol–water partition coefficient (Wildman–Crippen LogP) is 5.21. The van der Waals surface area contributed by atoms with Crippen molar-refractivity contribution in [2.24, 2.45) is 11.1 Å². The van der Waals surface area contributed by atoms with E-state index >= 15 is 0 Å². The Kier molecular flexibility index (Phi) is 7.35. The van der Waals surface area contributed by atoms with Gasteiger partial charge in [-0.15, -0.1) is 0 Å². The summed E-state index contributed by atoms with van der Waals surface area (Å²) < 4.78 is 11.4. The highest BCUT2D eigenvalue weighted by Crippen LogP contribution is 2.41. The average molecular weight is 598 g/mol. The van der Waals surface area contributed by atoms with Crippen LogP contribution in [0.1, 0.15) is 38.5 Å². The number of nitrogens with zero attached hydrogens (tertiary/aromatic N) is 6. The molecule has 0 bridgehead atoms. The molecule has 1 spiro atoms. The van der Waals surface area contributed by atoms with Crippen LogP contribution in [0.3, 0.4) is 0 Å². The van der Waals surface area contributed by atoms with Crippen LogP contribution in [0.5, 0.6) is 5.75 Å². The molecule has 1 atom stereocenters. The van der Waals surface area contributed by atoms with E-state index in [0.717, 1.165) is 48.9 Å². The van der Waals surface area contributed by atoms with Gasteiger partial charge in [-0.05, 0) is 44.9 Å². The van der Waals surface area contributed by atoms with Gasteiger partial charge in [0.2, 0.25) is 5.95 Å². The number of carbonyl (C=O) groups is 1. The minimum atomic E-state index is -0.884. The fourth-order valence-electron chi connectivity index (χ4n) is 5.59. The van der Waals surface area contributed by atoms with Gasteiger partial charge in [0.25, 0.3) is 0 Å². The van der Waals surface area contributed by atoms with E-state index in [-0.39, 0.29) is 17.6 Å². The van der Waals surface area contributed by atoms with Crippen LogP contribution >= 0.6 is 23.2 Å². The van der Waals surface area contributed by atoms with Gasteiger partial charge in [-0.1, -0.05) is 23.2 Å². The van der Waals surface area contributed by atoms with Crippen LogP contribution in [-0.2, 0) is 4.74 Å². The van der Waals surface area contributed by atoms with Gasteiger partial charge in [0.1, 0.15) is 11.4 Å². The Hall–Kier alpha value is -3.67. The van der Waals surface area contributed by atoms with E-state index in [1.54, 1.807) is 18.5 Å². The minimum absolute atomic E-state index is 0.0522. The number of hydrogen-bond acceptors (Lipinski definition) is 9. The van der Waals surface area contributed by atoms with Crippen molar-refractivity contribution in [2.45, 2.75) is 39.0 Å². The van der Waals surface area contributed by atoms with E-state index < -0.39 is 6.23 Å². The lowest BCUT2D eigenvalue weighted by Crippen LogP contribution is -2.64. The average Bonchev–Trinajstić information content (AvgIpc) is 3.35. The molecule has 1 amide bonds. The zero-order valence-corrected chi connectivity index (χ0v) is 24.2. The molecule has 0 unspecified atom stereocenters. The largest absolute Gasteiger partial charge is 0.471 e. The highest BCUT2D eigenvalue weighted by Gasteiger charge is 2.47. The minimum Gasteiger partial charge on any atom is -0.471 e. The number of ether oxygens (including phenoxy) is 2. The van der Waals surface area contributed by atoms with E-state index in [2.05, 4.69) is 30.0 Å². The normalized spacial score (nSPS) is 17.1. The number of nitrogens with two attached hydrogens (primary N) is 1. The molecule has 4 aromatic rings. The molecular formula is C28H30Cl2N8O3. The van der Waals surface area contributed by atoms with E-state index in [1.165, 1.54) is 12.4 Å². The molecule has 3 aromatic heterocycles. The van der Waals surface area contributed by atoms with E-state index in [4.69, 9.17) is 38.4 Å². The Balaban J connectivity index is 1.14. The first-order valence-corrected chi connectivity index (χ1v) is 14.2. The van der Waals surface area contributed by atoms with Crippen molar-refractivity contribution in [3.8, 4) is 17.0 Å². The highest BCUT2D eigenvalue weighted by molar-refractivity contribution is 6.35. The monoisotopic (exact) mass is 596 g/mol. The van der Waals surface area contributed by atoms with Gasteiger partial charge < -0.3 is 19.3 Å². The van der Waals surface area contributed by atoms with E-state index in [9.17, 15) is 4.79 Å². The molecule has 0 aliphatic carbocycles. The van der Waals surface area contributed by atoms with Crippen LogP contribution in [-0.4, -0.2) is 68.4 Å². The van der Waals surface area contributed by atoms with Gasteiger partial charge in [0.05, 0.1) is 21.7 Å². The molecule has 2 saturated heterocycles. The molecule has 2 aliphatic heterocycles. The zero-order chi connectivity index (χ0) is 28.7. The van der Waals surface area contributed by atoms with Crippen molar-refractivity contribution in [2.75, 3.05) is 31.1 Å². The summed E-state index contributed by atoms with van der Waals surface area (Å²) in [6, 6.07) is 5.51. The third kappa shape index (κ3) is 5.49. The van der Waals surface area contributed by atoms with E-state index in [0.29, 0.717) is 39.5 Å². The summed E-state index contributed by atoms with van der Waals surface area (Å²) in [6.07, 6.45) is 7.28. The molecule has 6 rings (SSSR count). The molecule has 2 aliphatic rings. The molecule has 3 N–H and O–H groups in total. The maximum Gasteiger partial charge on any atom is 0.410 e. The van der Waals surface area contributed by atoms with Gasteiger partial charge in [-0.2, -0.15) is 5.10 Å². The Bertz CT molecular complexity index is 1550. The number of amides is 1. The number of aromatic amines is 1. The first kappa shape index (κ1) is 27.5. The van der Waals surface area contributed by atoms with Gasteiger partial charge in [0.15, 0.2) is 6.23 Å². The summed E-state index contributed by atoms with van der Waals surface area (Å²) in [5, 5.41) is 9.02. The predicted molar refractivity (Wildman–Crippen MR) is 156 cm³/mol. The third-order valence-corrected chi connectivity index (χ3v) is 8.08. The van der Waals surface area contributed by atoms with Crippen molar-refractivity contribution in [1.29, 1.82) is 0 Å². The molecule has 11 nitrogen and oxygen atoms in total. The van der Waals surface area contributed by atoms with Crippen LogP contribution in [0, 0.1) is 5.41 Å². The lowest BCUT2D eigenvalue weighted by atomic mass is 9.73. The number of piperidine rings is 1. The number of nitrogens with one attached hydrogen (secondary N) is 1. The van der Waals surface area contributed by atoms with Crippen LogP contribution in [0.25, 0.3) is 22.2 Å². The zero-order valence-electron chi connectivity index (χ0n) is 22.7. The second kappa shape index (κ2) is 11.0. The van der Waals surface area contributed by atoms with Crippen molar-refractivity contribution >= 4 is 46.1 Å². The van der Waals surface area contributed by atoms with Crippen LogP contribution < -0.4 is 15.4 Å². The van der Waals surface area contributed by atoms with E-state index in [1.807, 2.05) is 30.9 Å². The summed E-state index contributed by atoms with van der Waals surface area (Å²) in [4.78, 5) is 29.6. The number of carbonyl (C=O) groups excluding carboxylic acids is 1. The number of fused-ring (bicyclic) bond motifs is 1. The maximum absolute atomic E-state index is 12.4. The van der Waals surface area contributed by atoms with Gasteiger partial charge in [-0.3, -0.25) is 15.8 Å². The Morgan fingerprint density at radius 3 is 2.54 bits per heavy atom. The molecule has 214 valence electrons. The molecule has 0 saturated carbocycles. The number of rotatable bonds is 6. The van der Waals surface area contributed by atoms with Crippen molar-refractivity contribution in [3.05, 3.63) is 58.6 Å². The maximum atomic E-state index is 12.4. The lowest BCUT2D eigenvalue weighted by Gasteiger charge is -2.54. The number of aromatic nitrogens is 5. The van der Waals surface area contributed by atoms with Crippen molar-refractivity contribution in [1.82, 2.24) is 30.0 Å². The van der Waals surface area contributed by atoms with Crippen LogP contribution in [0.15, 0.2) is 43.0 Å². The quantitative estimate of drug-likeness (QED) is 0.287. The number of H-pyrrole nitrogens is 1. The first-order chi connectivity index (χ1) is 19.7. The SMILES string of the molecule is CC(C)OC(=O)N1CCCC2(C1)CN(c1ncc(-c3n[nH]c4ccc(O[C@H](N)c5c(Cl)cncc5Cl)cc34)cn1)C2. The summed E-state index contributed by atoms with van der Waals surface area (Å²) in [5.41, 5.74) is 9.06. The van der Waals surface area contributed by atoms with Gasteiger partial charge in [0, 0.05) is 72.9 Å². The second-order valence-corrected chi connectivity index (χ2v) is 11.7. The van der Waals surface area contributed by atoms with Crippen molar-refractivity contribution < 1.29 is 14.3 Å². The summed E-state index contributed by atoms with van der Waals surface area (Å²) in [7, 11) is 0. The summed E-state index contributed by atoms with van der Waals surface area (Å²) in [6.45, 7) is 6.77. The first-order valence-electron chi connectivity index (χ1n) is 13.4. The van der Waals surface area contributed by atoms with Gasteiger partial charge >= 0.3 is 6.09 Å². The fraction of sp³-hybridized carbons (Fsp3) is 0.393. The Morgan fingerprint density at radius 2 is 1.83 bits per heavy atom. The van der Waals surface area contributed by atoms with Crippen LogP contribution in [0.2, 0.25) is 10.0 Å². The number of pyridine rings is 1. The third-order valence-electron chi connectivity index (χ3n) is 7.48. The van der Waals surface area contributed by atoms with Crippen molar-refractivity contribution in [3.63, 3.8) is 0 Å². The Morgan fingerprint density at radius 1 is 1.10 bits per heavy atom. The molecule has 13 heteroatoms. The summed E-state index contributed by atoms with van der Waals surface area (Å²) >= 11 is 12.5. The molecular weight excluding hydrogens is 567 g/mol. The number of benzene rings is 1. The standard InChI is InChI=1S/C28H30Cl2N8O3/c1-16(2)40-27(39)37-7-3-6-28(13-37)14-38(15-28)26-33-9-17(10-34-26)24-19-8-18(4-5-22(19)35-36-24)41-25(31)23-20(29)11-32-12-21(23)30/h4-5,8-12,16,25H,3,6-7,13-15,31H2,1-2H3,(H,35,36)/t25-/m0/s1. The molecule has 1 aromatic carbocycles. The molecule has 0 radical (unpaired) electrons. The molecule has 41 heavy (non-hydrogen) atoms. The van der Waals surface area contributed by atoms with Gasteiger partial charge in [-0.25, -0.2) is 14.8 Å². The summed E-state index contributed by atoms with van der Waals surface area (Å²) in [5.74, 6) is 1.18. The number of likely N-dealkylation sites (tertiary alicyclic amines) is 1. The lowest BCUT2D eigenvalue weighted by molar-refractivity contribution is 0.0289. The van der Waals surface area contributed by atoms with Crippen LogP contribution in [0.4, 0.5) is 10.7 Å². The topological polar surface area (TPSA) is 135 Å². The Labute approximate surface area is 247 Å². The number of hydrogen-bond donors (Lipinski definition) is 2. The molecule has 2 fully saturated rings. The second-order valence-electron chi connectivity index (χ2n) is 10.9. The highest BCUT2D eigenvalue weighted by atomic mass is 35.5. The fourth-order valence-corrected chi connectivity index (χ4v) is 6.17.